The maximum Gasteiger partial charge on any atom is 0.133 e. The topological polar surface area (TPSA) is 41.1 Å². The van der Waals surface area contributed by atoms with Gasteiger partial charge in [0.2, 0.25) is 0 Å². The van der Waals surface area contributed by atoms with Crippen molar-refractivity contribution in [2.45, 2.75) is 63.5 Å². The van der Waals surface area contributed by atoms with Crippen molar-refractivity contribution in [2.24, 2.45) is 0 Å². The number of anilines is 1. The molecule has 1 aromatic heterocycles. The molecule has 1 atom stereocenters. The second kappa shape index (κ2) is 5.32. The Morgan fingerprint density at radius 1 is 1.05 bits per heavy atom. The Hall–Kier alpha value is -1.16. The first-order valence-corrected chi connectivity index (χ1v) is 8.23. The van der Waals surface area contributed by atoms with Gasteiger partial charge >= 0.3 is 0 Å². The minimum absolute atomic E-state index is 0.581. The predicted molar refractivity (Wildman–Crippen MR) is 79.9 cm³/mol. The third kappa shape index (κ3) is 2.53. The van der Waals surface area contributed by atoms with Crippen molar-refractivity contribution in [3.05, 3.63) is 17.6 Å². The van der Waals surface area contributed by atoms with Crippen LogP contribution in [-0.2, 0) is 12.8 Å². The number of aromatic nitrogens is 2. The second-order valence-electron chi connectivity index (χ2n) is 6.56. The van der Waals surface area contributed by atoms with Crippen molar-refractivity contribution in [1.29, 1.82) is 0 Å². The monoisotopic (exact) mass is 272 g/mol. The highest BCUT2D eigenvalue weighted by atomic mass is 15.2. The van der Waals surface area contributed by atoms with Gasteiger partial charge in [0.25, 0.3) is 0 Å². The van der Waals surface area contributed by atoms with Gasteiger partial charge in [-0.05, 0) is 44.9 Å². The first-order valence-electron chi connectivity index (χ1n) is 8.23. The average Bonchev–Trinajstić information content (AvgIpc) is 3.25. The first-order chi connectivity index (χ1) is 9.90. The highest BCUT2D eigenvalue weighted by molar-refractivity contribution is 5.47. The molecule has 0 spiro atoms. The molecule has 2 aliphatic carbocycles. The molecular weight excluding hydrogens is 248 g/mol. The van der Waals surface area contributed by atoms with Crippen molar-refractivity contribution in [2.75, 3.05) is 18.4 Å². The molecule has 20 heavy (non-hydrogen) atoms. The summed E-state index contributed by atoms with van der Waals surface area (Å²) in [5.74, 6) is 1.12. The largest absolute Gasteiger partial charge is 0.366 e. The van der Waals surface area contributed by atoms with Crippen LogP contribution in [0.3, 0.4) is 0 Å². The van der Waals surface area contributed by atoms with Crippen LogP contribution in [-0.4, -0.2) is 40.0 Å². The lowest BCUT2D eigenvalue weighted by atomic mass is 10.1. The highest BCUT2D eigenvalue weighted by Crippen LogP contribution is 2.31. The molecule has 1 aliphatic heterocycles. The van der Waals surface area contributed by atoms with E-state index in [1.807, 2.05) is 0 Å². The molecular formula is C16H24N4. The van der Waals surface area contributed by atoms with Gasteiger partial charge in [-0.15, -0.1) is 0 Å². The van der Waals surface area contributed by atoms with Crippen LogP contribution in [0.25, 0.3) is 0 Å². The predicted octanol–water partition coefficient (Wildman–Crippen LogP) is 2.39. The molecule has 4 heteroatoms. The van der Waals surface area contributed by atoms with E-state index in [2.05, 4.69) is 20.2 Å². The molecule has 4 rings (SSSR count). The average molecular weight is 272 g/mol. The number of hydrogen-bond donors (Lipinski definition) is 1. The summed E-state index contributed by atoms with van der Waals surface area (Å²) in [5, 5.41) is 3.72. The zero-order valence-electron chi connectivity index (χ0n) is 12.1. The molecule has 2 heterocycles. The summed E-state index contributed by atoms with van der Waals surface area (Å²) >= 11 is 0. The summed E-state index contributed by atoms with van der Waals surface area (Å²) in [7, 11) is 0. The number of hydrogen-bond acceptors (Lipinski definition) is 4. The highest BCUT2D eigenvalue weighted by Gasteiger charge is 2.34. The quantitative estimate of drug-likeness (QED) is 0.858. The zero-order chi connectivity index (χ0) is 13.4. The van der Waals surface area contributed by atoms with Gasteiger partial charge in [0.15, 0.2) is 0 Å². The first kappa shape index (κ1) is 12.6. The molecule has 0 amide bonds. The Labute approximate surface area is 121 Å². The van der Waals surface area contributed by atoms with Gasteiger partial charge in [0.05, 0.1) is 0 Å². The van der Waals surface area contributed by atoms with Gasteiger partial charge in [-0.25, -0.2) is 9.97 Å². The Morgan fingerprint density at radius 2 is 1.95 bits per heavy atom. The van der Waals surface area contributed by atoms with Crippen LogP contribution in [0.4, 0.5) is 5.82 Å². The van der Waals surface area contributed by atoms with E-state index in [4.69, 9.17) is 0 Å². The third-order valence-corrected chi connectivity index (χ3v) is 5.00. The van der Waals surface area contributed by atoms with Crippen LogP contribution in [0.2, 0.25) is 0 Å². The zero-order valence-corrected chi connectivity index (χ0v) is 12.1. The summed E-state index contributed by atoms with van der Waals surface area (Å²) in [6.07, 6.45) is 12.0. The lowest BCUT2D eigenvalue weighted by Crippen LogP contribution is -2.28. The number of fused-ring (bicyclic) bond motifs is 1. The van der Waals surface area contributed by atoms with Crippen LogP contribution in [0.5, 0.6) is 0 Å². The molecule has 108 valence electrons. The molecule has 4 nitrogen and oxygen atoms in total. The van der Waals surface area contributed by atoms with Crippen LogP contribution < -0.4 is 5.32 Å². The van der Waals surface area contributed by atoms with E-state index in [-0.39, 0.29) is 0 Å². The molecule has 1 unspecified atom stereocenters. The lowest BCUT2D eigenvalue weighted by molar-refractivity contribution is 0.326. The van der Waals surface area contributed by atoms with Crippen LogP contribution in [0, 0.1) is 0 Å². The summed E-state index contributed by atoms with van der Waals surface area (Å²) in [4.78, 5) is 11.7. The number of nitrogens with one attached hydrogen (secondary N) is 1. The summed E-state index contributed by atoms with van der Waals surface area (Å²) in [5.41, 5.74) is 2.69. The minimum atomic E-state index is 0.581. The van der Waals surface area contributed by atoms with E-state index in [9.17, 15) is 0 Å². The van der Waals surface area contributed by atoms with Crippen molar-refractivity contribution in [3.8, 4) is 0 Å². The molecule has 1 saturated heterocycles. The Bertz CT molecular complexity index is 483. The van der Waals surface area contributed by atoms with Gasteiger partial charge in [-0.1, -0.05) is 6.42 Å². The summed E-state index contributed by atoms with van der Waals surface area (Å²) < 4.78 is 0. The molecule has 3 aliphatic rings. The number of nitrogens with zero attached hydrogens (tertiary/aromatic N) is 3. The van der Waals surface area contributed by atoms with Crippen LogP contribution in [0.1, 0.15) is 49.8 Å². The molecule has 1 N–H and O–H groups in total. The van der Waals surface area contributed by atoms with E-state index in [0.29, 0.717) is 6.04 Å². The third-order valence-electron chi connectivity index (χ3n) is 5.00. The fraction of sp³-hybridized carbons (Fsp3) is 0.750. The number of rotatable bonds is 3. The van der Waals surface area contributed by atoms with Crippen molar-refractivity contribution in [1.82, 2.24) is 14.9 Å². The van der Waals surface area contributed by atoms with Gasteiger partial charge in [0.1, 0.15) is 12.1 Å². The Morgan fingerprint density at radius 3 is 2.85 bits per heavy atom. The molecule has 1 aromatic rings. The number of aryl methyl sites for hydroxylation is 1. The van der Waals surface area contributed by atoms with E-state index in [1.165, 1.54) is 62.9 Å². The van der Waals surface area contributed by atoms with Gasteiger partial charge in [-0.2, -0.15) is 0 Å². The SMILES string of the molecule is c1nc2c(c(NC3CCN(C4CC4)C3)n1)CCCCC2. The van der Waals surface area contributed by atoms with Crippen molar-refractivity contribution < 1.29 is 0 Å². The van der Waals surface area contributed by atoms with Crippen LogP contribution in [0.15, 0.2) is 6.33 Å². The number of likely N-dealkylation sites (tertiary alicyclic amines) is 1. The summed E-state index contributed by atoms with van der Waals surface area (Å²) in [6.45, 7) is 2.46. The molecule has 0 bridgehead atoms. The maximum absolute atomic E-state index is 4.54. The van der Waals surface area contributed by atoms with Crippen LogP contribution >= 0.6 is 0 Å². The maximum atomic E-state index is 4.54. The van der Waals surface area contributed by atoms with E-state index in [1.54, 1.807) is 6.33 Å². The Balaban J connectivity index is 1.48. The van der Waals surface area contributed by atoms with E-state index < -0.39 is 0 Å². The van der Waals surface area contributed by atoms with E-state index >= 15 is 0 Å². The minimum Gasteiger partial charge on any atom is -0.366 e. The van der Waals surface area contributed by atoms with Gasteiger partial charge in [0, 0.05) is 36.4 Å². The molecule has 2 fully saturated rings. The fourth-order valence-electron chi connectivity index (χ4n) is 3.69. The van der Waals surface area contributed by atoms with Gasteiger partial charge in [-0.3, -0.25) is 4.90 Å². The fourth-order valence-corrected chi connectivity index (χ4v) is 3.69. The van der Waals surface area contributed by atoms with Gasteiger partial charge < -0.3 is 5.32 Å². The molecule has 1 saturated carbocycles. The standard InChI is InChI=1S/C16H24N4/c1-2-4-14-15(5-3-1)17-11-18-16(14)19-12-8-9-20(10-12)13-6-7-13/h11-13H,1-10H2,(H,17,18,19). The molecule has 0 aromatic carbocycles. The smallest absolute Gasteiger partial charge is 0.133 e. The van der Waals surface area contributed by atoms with E-state index in [0.717, 1.165) is 24.7 Å². The summed E-state index contributed by atoms with van der Waals surface area (Å²) in [6, 6.07) is 1.47. The second-order valence-corrected chi connectivity index (χ2v) is 6.56. The lowest BCUT2D eigenvalue weighted by Gasteiger charge is -2.18. The molecule has 0 radical (unpaired) electrons. The Kier molecular flexibility index (Phi) is 3.34. The van der Waals surface area contributed by atoms with Crippen molar-refractivity contribution in [3.63, 3.8) is 0 Å². The van der Waals surface area contributed by atoms with Crippen molar-refractivity contribution >= 4 is 5.82 Å². The normalized spacial score (nSPS) is 27.1.